The lowest BCUT2D eigenvalue weighted by atomic mass is 10.1. The summed E-state index contributed by atoms with van der Waals surface area (Å²) in [7, 11) is 0. The maximum absolute atomic E-state index is 13.2. The number of rotatable bonds is 3. The van der Waals surface area contributed by atoms with Crippen molar-refractivity contribution >= 4 is 17.2 Å². The van der Waals surface area contributed by atoms with Crippen LogP contribution in [-0.4, -0.2) is 42.0 Å². The minimum absolute atomic E-state index is 0.0536. The van der Waals surface area contributed by atoms with Gasteiger partial charge in [0.25, 0.3) is 5.91 Å². The number of carbonyl (C=O) groups is 1. The molecule has 1 aliphatic heterocycles. The van der Waals surface area contributed by atoms with Gasteiger partial charge < -0.3 is 14.6 Å². The molecule has 1 aromatic carbocycles. The van der Waals surface area contributed by atoms with Crippen LogP contribution in [0.2, 0.25) is 0 Å². The van der Waals surface area contributed by atoms with Gasteiger partial charge in [0.1, 0.15) is 4.88 Å². The number of amides is 1. The molecule has 0 atom stereocenters. The van der Waals surface area contributed by atoms with E-state index in [-0.39, 0.29) is 5.91 Å². The lowest BCUT2D eigenvalue weighted by molar-refractivity contribution is 0.0771. The number of hydrogen-bond acceptors (Lipinski definition) is 5. The van der Waals surface area contributed by atoms with E-state index in [0.29, 0.717) is 10.6 Å². The molecule has 3 aromatic rings. The molecule has 1 aliphatic rings. The van der Waals surface area contributed by atoms with E-state index in [4.69, 9.17) is 9.40 Å². The van der Waals surface area contributed by atoms with E-state index in [2.05, 4.69) is 5.32 Å². The monoisotopic (exact) mass is 353 g/mol. The summed E-state index contributed by atoms with van der Waals surface area (Å²) in [5.74, 6) is 0.747. The Balaban J connectivity index is 1.75. The van der Waals surface area contributed by atoms with Gasteiger partial charge in [0.15, 0.2) is 10.8 Å². The molecule has 128 valence electrons. The van der Waals surface area contributed by atoms with Gasteiger partial charge in [-0.3, -0.25) is 4.79 Å². The maximum atomic E-state index is 13.2. The molecule has 25 heavy (non-hydrogen) atoms. The van der Waals surface area contributed by atoms with Crippen LogP contribution < -0.4 is 5.32 Å². The third kappa shape index (κ3) is 3.36. The molecular weight excluding hydrogens is 334 g/mol. The molecule has 0 bridgehead atoms. The molecule has 1 N–H and O–H groups in total. The fourth-order valence-electron chi connectivity index (χ4n) is 2.95. The fraction of sp³-hybridized carbons (Fsp3) is 0.263. The van der Waals surface area contributed by atoms with Crippen molar-refractivity contribution < 1.29 is 9.21 Å². The summed E-state index contributed by atoms with van der Waals surface area (Å²) in [6.07, 6.45) is 2.59. The minimum atomic E-state index is 0.0536. The van der Waals surface area contributed by atoms with Gasteiger partial charge in [0.2, 0.25) is 0 Å². The van der Waals surface area contributed by atoms with Crippen LogP contribution in [0.3, 0.4) is 0 Å². The predicted molar refractivity (Wildman–Crippen MR) is 98.6 cm³/mol. The maximum Gasteiger partial charge on any atom is 0.266 e. The Bertz CT molecular complexity index is 835. The molecule has 0 unspecified atom stereocenters. The second kappa shape index (κ2) is 7.21. The van der Waals surface area contributed by atoms with Crippen LogP contribution in [0.5, 0.6) is 0 Å². The smallest absolute Gasteiger partial charge is 0.266 e. The molecule has 1 amide bonds. The van der Waals surface area contributed by atoms with Crippen molar-refractivity contribution in [2.75, 3.05) is 26.2 Å². The molecule has 1 fully saturated rings. The summed E-state index contributed by atoms with van der Waals surface area (Å²) in [6, 6.07) is 13.6. The van der Waals surface area contributed by atoms with Crippen molar-refractivity contribution in [2.24, 2.45) is 0 Å². The van der Waals surface area contributed by atoms with E-state index in [1.165, 1.54) is 11.3 Å². The Kier molecular flexibility index (Phi) is 4.63. The number of furan rings is 1. The Labute approximate surface area is 150 Å². The van der Waals surface area contributed by atoms with E-state index < -0.39 is 0 Å². The second-order valence-electron chi connectivity index (χ2n) is 5.94. The van der Waals surface area contributed by atoms with Crippen LogP contribution in [0.25, 0.3) is 22.0 Å². The molecule has 1 saturated heterocycles. The third-order valence-electron chi connectivity index (χ3n) is 4.23. The van der Waals surface area contributed by atoms with Gasteiger partial charge in [-0.15, -0.1) is 11.3 Å². The molecule has 4 rings (SSSR count). The lowest BCUT2D eigenvalue weighted by Gasteiger charge is -2.19. The summed E-state index contributed by atoms with van der Waals surface area (Å²) in [5, 5.41) is 4.07. The van der Waals surface area contributed by atoms with Gasteiger partial charge in [0.05, 0.1) is 12.0 Å². The van der Waals surface area contributed by atoms with Crippen molar-refractivity contribution in [1.29, 1.82) is 0 Å². The summed E-state index contributed by atoms with van der Waals surface area (Å²) in [4.78, 5) is 20.5. The zero-order chi connectivity index (χ0) is 17.1. The number of thiazole rings is 1. The van der Waals surface area contributed by atoms with Crippen LogP contribution in [0.15, 0.2) is 53.1 Å². The lowest BCUT2D eigenvalue weighted by Crippen LogP contribution is -2.34. The number of nitrogens with one attached hydrogen (secondary N) is 1. The van der Waals surface area contributed by atoms with Crippen LogP contribution in [0, 0.1) is 0 Å². The topological polar surface area (TPSA) is 58.4 Å². The minimum Gasteiger partial charge on any atom is -0.462 e. The highest BCUT2D eigenvalue weighted by Gasteiger charge is 2.25. The third-order valence-corrected chi connectivity index (χ3v) is 5.29. The number of benzene rings is 1. The number of hydrogen-bond donors (Lipinski definition) is 1. The molecule has 2 aromatic heterocycles. The standard InChI is InChI=1S/C19H19N3O2S/c23-19(22-11-5-9-20-10-12-22)17-16(14-6-2-1-3-7-14)21-18(25-17)15-8-4-13-24-15/h1-4,6-8,13,20H,5,9-12H2. The molecule has 0 radical (unpaired) electrons. The molecule has 0 aliphatic carbocycles. The quantitative estimate of drug-likeness (QED) is 0.783. The zero-order valence-electron chi connectivity index (χ0n) is 13.8. The van der Waals surface area contributed by atoms with Gasteiger partial charge >= 0.3 is 0 Å². The molecule has 3 heterocycles. The van der Waals surface area contributed by atoms with Crippen LogP contribution in [0.1, 0.15) is 16.1 Å². The highest BCUT2D eigenvalue weighted by molar-refractivity contribution is 7.17. The van der Waals surface area contributed by atoms with Crippen molar-refractivity contribution in [3.05, 3.63) is 53.6 Å². The second-order valence-corrected chi connectivity index (χ2v) is 6.93. The summed E-state index contributed by atoms with van der Waals surface area (Å²) in [6.45, 7) is 3.28. The number of carbonyl (C=O) groups excluding carboxylic acids is 1. The Morgan fingerprint density at radius 2 is 2.00 bits per heavy atom. The fourth-order valence-corrected chi connectivity index (χ4v) is 3.98. The van der Waals surface area contributed by atoms with Gasteiger partial charge in [-0.25, -0.2) is 4.98 Å². The largest absolute Gasteiger partial charge is 0.462 e. The first-order chi connectivity index (χ1) is 12.3. The molecule has 0 spiro atoms. The first-order valence-corrected chi connectivity index (χ1v) is 9.25. The van der Waals surface area contributed by atoms with Gasteiger partial charge in [-0.05, 0) is 25.1 Å². The van der Waals surface area contributed by atoms with Crippen LogP contribution >= 0.6 is 11.3 Å². The number of aromatic nitrogens is 1. The Hall–Kier alpha value is -2.44. The highest BCUT2D eigenvalue weighted by Crippen LogP contribution is 2.35. The normalized spacial score (nSPS) is 15.1. The molecule has 6 heteroatoms. The van der Waals surface area contributed by atoms with E-state index in [9.17, 15) is 4.79 Å². The van der Waals surface area contributed by atoms with E-state index >= 15 is 0 Å². The van der Waals surface area contributed by atoms with Crippen LogP contribution in [0.4, 0.5) is 0 Å². The van der Waals surface area contributed by atoms with E-state index in [1.54, 1.807) is 6.26 Å². The van der Waals surface area contributed by atoms with Crippen LogP contribution in [-0.2, 0) is 0 Å². The van der Waals surface area contributed by atoms with E-state index in [0.717, 1.165) is 48.9 Å². The van der Waals surface area contributed by atoms with Crippen molar-refractivity contribution in [3.8, 4) is 22.0 Å². The summed E-state index contributed by atoms with van der Waals surface area (Å²) >= 11 is 1.40. The van der Waals surface area contributed by atoms with Gasteiger partial charge in [-0.1, -0.05) is 30.3 Å². The highest BCUT2D eigenvalue weighted by atomic mass is 32.1. The van der Waals surface area contributed by atoms with Gasteiger partial charge in [-0.2, -0.15) is 0 Å². The van der Waals surface area contributed by atoms with E-state index in [1.807, 2.05) is 47.4 Å². The first kappa shape index (κ1) is 16.1. The first-order valence-electron chi connectivity index (χ1n) is 8.43. The van der Waals surface area contributed by atoms with Crippen molar-refractivity contribution in [2.45, 2.75) is 6.42 Å². The SMILES string of the molecule is O=C(c1sc(-c2ccco2)nc1-c1ccccc1)N1CCCNCC1. The Morgan fingerprint density at radius 1 is 1.12 bits per heavy atom. The summed E-state index contributed by atoms with van der Waals surface area (Å²) < 4.78 is 5.48. The Morgan fingerprint density at radius 3 is 2.80 bits per heavy atom. The van der Waals surface area contributed by atoms with Crippen molar-refractivity contribution in [1.82, 2.24) is 15.2 Å². The molecule has 0 saturated carbocycles. The zero-order valence-corrected chi connectivity index (χ0v) is 14.6. The predicted octanol–water partition coefficient (Wildman–Crippen LogP) is 3.51. The number of nitrogens with zero attached hydrogens (tertiary/aromatic N) is 2. The van der Waals surface area contributed by atoms with Crippen molar-refractivity contribution in [3.63, 3.8) is 0 Å². The molecular formula is C19H19N3O2S. The molecule has 5 nitrogen and oxygen atoms in total. The summed E-state index contributed by atoms with van der Waals surface area (Å²) in [5.41, 5.74) is 1.69. The average Bonchev–Trinajstić information content (AvgIpc) is 3.26. The average molecular weight is 353 g/mol. The van der Waals surface area contributed by atoms with Gasteiger partial charge in [0, 0.05) is 25.2 Å².